The third kappa shape index (κ3) is 0.740. The molecule has 2 nitrogen and oxygen atoms in total. The van der Waals surface area contributed by atoms with Gasteiger partial charge in [-0.1, -0.05) is 6.92 Å². The Morgan fingerprint density at radius 2 is 1.62 bits per heavy atom. The summed E-state index contributed by atoms with van der Waals surface area (Å²) in [5.41, 5.74) is 0. The molecule has 0 saturated carbocycles. The van der Waals surface area contributed by atoms with Crippen molar-refractivity contribution in [2.24, 2.45) is 5.92 Å². The maximum absolute atomic E-state index is 5.09. The van der Waals surface area contributed by atoms with Gasteiger partial charge in [-0.2, -0.15) is 0 Å². The van der Waals surface area contributed by atoms with Crippen molar-refractivity contribution in [3.63, 3.8) is 0 Å². The molecule has 0 amide bonds. The number of rotatable bonds is 2. The van der Waals surface area contributed by atoms with E-state index >= 15 is 0 Å². The van der Waals surface area contributed by atoms with Crippen molar-refractivity contribution < 1.29 is 9.47 Å². The summed E-state index contributed by atoms with van der Waals surface area (Å²) in [6.07, 6.45) is 1.06. The van der Waals surface area contributed by atoms with Crippen LogP contribution in [0.15, 0.2) is 0 Å². The Morgan fingerprint density at radius 1 is 1.25 bits per heavy atom. The number of epoxide rings is 2. The van der Waals surface area contributed by atoms with E-state index in [1.54, 1.807) is 0 Å². The molecule has 2 rings (SSSR count). The van der Waals surface area contributed by atoms with E-state index in [0.29, 0.717) is 18.1 Å². The first-order chi connectivity index (χ1) is 3.88. The highest BCUT2D eigenvalue weighted by molar-refractivity contribution is 4.87. The lowest BCUT2D eigenvalue weighted by Gasteiger charge is -1.98. The van der Waals surface area contributed by atoms with Crippen LogP contribution in [0.2, 0.25) is 0 Å². The first-order valence-electron chi connectivity index (χ1n) is 3.11. The van der Waals surface area contributed by atoms with Gasteiger partial charge in [0.2, 0.25) is 0 Å². The molecular formula is C6H10O2. The predicted molar refractivity (Wildman–Crippen MR) is 28.6 cm³/mol. The second-order valence-corrected chi connectivity index (χ2v) is 2.60. The first-order valence-corrected chi connectivity index (χ1v) is 3.11. The molecule has 2 heterocycles. The molecule has 2 fully saturated rings. The molecule has 0 bridgehead atoms. The van der Waals surface area contributed by atoms with Crippen LogP contribution in [0.3, 0.4) is 0 Å². The highest BCUT2D eigenvalue weighted by Crippen LogP contribution is 2.30. The lowest BCUT2D eigenvalue weighted by molar-refractivity contribution is 0.277. The number of ether oxygens (including phenoxy) is 2. The molecule has 2 saturated heterocycles. The first kappa shape index (κ1) is 4.77. The quantitative estimate of drug-likeness (QED) is 0.486. The van der Waals surface area contributed by atoms with Gasteiger partial charge in [0.15, 0.2) is 0 Å². The molecule has 0 aromatic carbocycles. The Bertz CT molecular complexity index is 82.7. The van der Waals surface area contributed by atoms with Crippen LogP contribution in [-0.2, 0) is 9.47 Å². The Balaban J connectivity index is 1.84. The molecule has 2 atom stereocenters. The zero-order chi connectivity index (χ0) is 5.56. The van der Waals surface area contributed by atoms with E-state index in [9.17, 15) is 0 Å². The third-order valence-electron chi connectivity index (χ3n) is 1.89. The molecule has 8 heavy (non-hydrogen) atoms. The van der Waals surface area contributed by atoms with E-state index in [1.165, 1.54) is 0 Å². The van der Waals surface area contributed by atoms with Gasteiger partial charge in [-0.15, -0.1) is 0 Å². The molecule has 2 unspecified atom stereocenters. The smallest absolute Gasteiger partial charge is 0.0861 e. The SMILES string of the molecule is CC(C1CO1)C1CO1. The van der Waals surface area contributed by atoms with Crippen LogP contribution < -0.4 is 0 Å². The monoisotopic (exact) mass is 114 g/mol. The molecule has 0 spiro atoms. The molecule has 0 aromatic rings. The summed E-state index contributed by atoms with van der Waals surface area (Å²) in [6.45, 7) is 4.11. The fourth-order valence-corrected chi connectivity index (χ4v) is 0.958. The van der Waals surface area contributed by atoms with Crippen LogP contribution in [0.4, 0.5) is 0 Å². The summed E-state index contributed by atoms with van der Waals surface area (Å²) in [5.74, 6) is 0.648. The van der Waals surface area contributed by atoms with Crippen LogP contribution in [0.25, 0.3) is 0 Å². The van der Waals surface area contributed by atoms with Gasteiger partial charge in [0.25, 0.3) is 0 Å². The van der Waals surface area contributed by atoms with Crippen molar-refractivity contribution in [2.45, 2.75) is 19.1 Å². The van der Waals surface area contributed by atoms with Crippen LogP contribution in [0, 0.1) is 5.92 Å². The van der Waals surface area contributed by atoms with Crippen molar-refractivity contribution in [1.82, 2.24) is 0 Å². The summed E-state index contributed by atoms with van der Waals surface area (Å²) in [4.78, 5) is 0. The molecule has 0 aliphatic carbocycles. The number of hydrogen-bond acceptors (Lipinski definition) is 2. The van der Waals surface area contributed by atoms with Gasteiger partial charge in [-0.05, 0) is 0 Å². The van der Waals surface area contributed by atoms with Gasteiger partial charge < -0.3 is 9.47 Å². The van der Waals surface area contributed by atoms with Crippen molar-refractivity contribution in [3.05, 3.63) is 0 Å². The molecule has 0 radical (unpaired) electrons. The summed E-state index contributed by atoms with van der Waals surface area (Å²) in [5, 5.41) is 0. The van der Waals surface area contributed by atoms with E-state index in [1.807, 2.05) is 0 Å². The standard InChI is InChI=1S/C6H10O2/c1-4(5-2-7-5)6-3-8-6/h4-6H,2-3H2,1H3. The molecule has 2 aliphatic heterocycles. The minimum absolute atomic E-state index is 0.530. The third-order valence-corrected chi connectivity index (χ3v) is 1.89. The van der Waals surface area contributed by atoms with Crippen LogP contribution in [0.5, 0.6) is 0 Å². The zero-order valence-corrected chi connectivity index (χ0v) is 4.96. The highest BCUT2D eigenvalue weighted by atomic mass is 16.6. The van der Waals surface area contributed by atoms with Crippen molar-refractivity contribution in [1.29, 1.82) is 0 Å². The normalized spacial score (nSPS) is 46.1. The van der Waals surface area contributed by atoms with E-state index in [-0.39, 0.29) is 0 Å². The van der Waals surface area contributed by atoms with E-state index in [2.05, 4.69) is 6.92 Å². The van der Waals surface area contributed by atoms with E-state index in [0.717, 1.165) is 13.2 Å². The lowest BCUT2D eigenvalue weighted by Crippen LogP contribution is -2.09. The highest BCUT2D eigenvalue weighted by Gasteiger charge is 2.40. The van der Waals surface area contributed by atoms with Crippen LogP contribution >= 0.6 is 0 Å². The Hall–Kier alpha value is -0.0800. The Morgan fingerprint density at radius 3 is 1.88 bits per heavy atom. The van der Waals surface area contributed by atoms with Gasteiger partial charge >= 0.3 is 0 Å². The van der Waals surface area contributed by atoms with E-state index in [4.69, 9.17) is 9.47 Å². The van der Waals surface area contributed by atoms with Gasteiger partial charge in [0.05, 0.1) is 25.4 Å². The zero-order valence-electron chi connectivity index (χ0n) is 4.96. The topological polar surface area (TPSA) is 25.1 Å². The van der Waals surface area contributed by atoms with Crippen LogP contribution in [-0.4, -0.2) is 25.4 Å². The maximum atomic E-state index is 5.09. The molecule has 0 N–H and O–H groups in total. The molecule has 2 heteroatoms. The average Bonchev–Trinajstić information content (AvgIpc) is 2.63. The summed E-state index contributed by atoms with van der Waals surface area (Å²) < 4.78 is 10.2. The van der Waals surface area contributed by atoms with E-state index < -0.39 is 0 Å². The summed E-state index contributed by atoms with van der Waals surface area (Å²) >= 11 is 0. The van der Waals surface area contributed by atoms with Crippen molar-refractivity contribution in [3.8, 4) is 0 Å². The average molecular weight is 114 g/mol. The lowest BCUT2D eigenvalue weighted by atomic mass is 10.1. The minimum Gasteiger partial charge on any atom is -0.373 e. The molecule has 2 aliphatic rings. The van der Waals surface area contributed by atoms with Crippen molar-refractivity contribution >= 4 is 0 Å². The molecule has 0 aromatic heterocycles. The summed E-state index contributed by atoms with van der Waals surface area (Å²) in [7, 11) is 0. The maximum Gasteiger partial charge on any atom is 0.0861 e. The fourth-order valence-electron chi connectivity index (χ4n) is 0.958. The molecule has 46 valence electrons. The summed E-state index contributed by atoms with van der Waals surface area (Å²) in [6, 6.07) is 0. The second kappa shape index (κ2) is 1.45. The fraction of sp³-hybridized carbons (Fsp3) is 1.00. The van der Waals surface area contributed by atoms with Crippen LogP contribution in [0.1, 0.15) is 6.92 Å². The predicted octanol–water partition coefficient (Wildman–Crippen LogP) is 0.420. The van der Waals surface area contributed by atoms with Gasteiger partial charge in [0.1, 0.15) is 0 Å². The largest absolute Gasteiger partial charge is 0.373 e. The van der Waals surface area contributed by atoms with Gasteiger partial charge in [0, 0.05) is 5.92 Å². The minimum atomic E-state index is 0.530. The molecular weight excluding hydrogens is 104 g/mol. The van der Waals surface area contributed by atoms with Gasteiger partial charge in [-0.3, -0.25) is 0 Å². The Kier molecular flexibility index (Phi) is 0.866. The Labute approximate surface area is 48.8 Å². The number of hydrogen-bond donors (Lipinski definition) is 0. The van der Waals surface area contributed by atoms with Crippen molar-refractivity contribution in [2.75, 3.05) is 13.2 Å². The van der Waals surface area contributed by atoms with Gasteiger partial charge in [-0.25, -0.2) is 0 Å². The second-order valence-electron chi connectivity index (χ2n) is 2.60.